The first-order valence-corrected chi connectivity index (χ1v) is 9.67. The number of nitrogens with one attached hydrogen (secondary N) is 1. The van der Waals surface area contributed by atoms with Gasteiger partial charge in [0.2, 0.25) is 0 Å². The van der Waals surface area contributed by atoms with Crippen molar-refractivity contribution in [3.8, 4) is 11.8 Å². The predicted octanol–water partition coefficient (Wildman–Crippen LogP) is 5.47. The Balaban J connectivity index is 0.000000878. The van der Waals surface area contributed by atoms with Gasteiger partial charge in [0.15, 0.2) is 0 Å². The van der Waals surface area contributed by atoms with E-state index >= 15 is 0 Å². The van der Waals surface area contributed by atoms with Crippen LogP contribution in [0.3, 0.4) is 0 Å². The summed E-state index contributed by atoms with van der Waals surface area (Å²) in [5.41, 5.74) is 9.73. The highest BCUT2D eigenvalue weighted by atomic mass is 16.5. The third kappa shape index (κ3) is 4.37. The first-order chi connectivity index (χ1) is 13.5. The first kappa shape index (κ1) is 21.1. The number of nitrogens with two attached hydrogens (primary N) is 1. The molecule has 3 aromatic rings. The first-order valence-electron chi connectivity index (χ1n) is 9.67. The van der Waals surface area contributed by atoms with Crippen LogP contribution in [0.25, 0.3) is 5.52 Å². The summed E-state index contributed by atoms with van der Waals surface area (Å²) >= 11 is 0. The highest BCUT2D eigenvalue weighted by Crippen LogP contribution is 2.36. The second-order valence-electron chi connectivity index (χ2n) is 6.74. The Labute approximate surface area is 166 Å². The molecule has 148 valence electrons. The summed E-state index contributed by atoms with van der Waals surface area (Å²) in [6.45, 7) is 10.9. The van der Waals surface area contributed by atoms with Crippen molar-refractivity contribution < 1.29 is 4.74 Å². The van der Waals surface area contributed by atoms with Crippen LogP contribution in [0.2, 0.25) is 0 Å². The van der Waals surface area contributed by atoms with Crippen LogP contribution in [0.1, 0.15) is 58.1 Å². The van der Waals surface area contributed by atoms with Gasteiger partial charge in [-0.25, -0.2) is 4.52 Å². The third-order valence-electron chi connectivity index (χ3n) is 4.04. The van der Waals surface area contributed by atoms with Gasteiger partial charge < -0.3 is 15.8 Å². The summed E-state index contributed by atoms with van der Waals surface area (Å²) in [5, 5.41) is 17.3. The van der Waals surface area contributed by atoms with Crippen LogP contribution in [0.4, 0.5) is 17.2 Å². The molecule has 2 heterocycles. The van der Waals surface area contributed by atoms with E-state index in [4.69, 9.17) is 10.5 Å². The zero-order valence-corrected chi connectivity index (χ0v) is 17.3. The fraction of sp³-hybridized carbons (Fsp3) is 0.364. The average Bonchev–Trinajstić information content (AvgIpc) is 3.13. The molecule has 6 heteroatoms. The molecule has 0 aliphatic carbocycles. The maximum Gasteiger partial charge on any atom is 0.138 e. The molecular formula is C22H29N5O. The second kappa shape index (κ2) is 9.65. The van der Waals surface area contributed by atoms with Gasteiger partial charge >= 0.3 is 0 Å². The normalized spacial score (nSPS) is 10.3. The summed E-state index contributed by atoms with van der Waals surface area (Å²) in [5.74, 6) is 1.72. The van der Waals surface area contributed by atoms with Crippen molar-refractivity contribution >= 4 is 22.7 Å². The number of pyridine rings is 1. The van der Waals surface area contributed by atoms with Gasteiger partial charge in [-0.3, -0.25) is 0 Å². The highest BCUT2D eigenvalue weighted by molar-refractivity contribution is 5.81. The molecule has 0 saturated carbocycles. The molecule has 0 spiro atoms. The van der Waals surface area contributed by atoms with Crippen LogP contribution in [0, 0.1) is 11.3 Å². The van der Waals surface area contributed by atoms with Gasteiger partial charge in [-0.1, -0.05) is 34.1 Å². The topological polar surface area (TPSA) is 88.4 Å². The number of rotatable bonds is 5. The molecule has 0 aliphatic heterocycles. The van der Waals surface area contributed by atoms with Gasteiger partial charge in [-0.05, 0) is 43.2 Å². The molecule has 2 aromatic heterocycles. The van der Waals surface area contributed by atoms with Gasteiger partial charge in [-0.15, -0.1) is 0 Å². The lowest BCUT2D eigenvalue weighted by Crippen LogP contribution is -2.11. The SMILES string of the molecule is CCC.CCOc1ccc(Nc2c(C(C)C)c(N)c(C#N)c3ccnn23)cc1. The van der Waals surface area contributed by atoms with E-state index in [0.717, 1.165) is 22.8 Å². The van der Waals surface area contributed by atoms with Crippen molar-refractivity contribution in [1.29, 1.82) is 5.26 Å². The molecule has 0 radical (unpaired) electrons. The van der Waals surface area contributed by atoms with Gasteiger partial charge in [-0.2, -0.15) is 10.4 Å². The van der Waals surface area contributed by atoms with E-state index in [1.165, 1.54) is 6.42 Å². The number of benzene rings is 1. The van der Waals surface area contributed by atoms with E-state index in [-0.39, 0.29) is 5.92 Å². The maximum atomic E-state index is 9.50. The van der Waals surface area contributed by atoms with Crippen LogP contribution >= 0.6 is 0 Å². The lowest BCUT2D eigenvalue weighted by molar-refractivity contribution is 0.340. The molecule has 0 fully saturated rings. The van der Waals surface area contributed by atoms with E-state index in [1.807, 2.05) is 45.0 Å². The lowest BCUT2D eigenvalue weighted by atomic mass is 9.98. The lowest BCUT2D eigenvalue weighted by Gasteiger charge is -2.20. The van der Waals surface area contributed by atoms with E-state index in [1.54, 1.807) is 16.8 Å². The molecule has 28 heavy (non-hydrogen) atoms. The fourth-order valence-corrected chi connectivity index (χ4v) is 2.95. The smallest absolute Gasteiger partial charge is 0.138 e. The Kier molecular flexibility index (Phi) is 7.28. The minimum Gasteiger partial charge on any atom is -0.494 e. The van der Waals surface area contributed by atoms with E-state index in [2.05, 4.69) is 30.3 Å². The number of hydrogen-bond donors (Lipinski definition) is 2. The molecule has 0 amide bonds. The molecule has 0 unspecified atom stereocenters. The monoisotopic (exact) mass is 379 g/mol. The van der Waals surface area contributed by atoms with Crippen molar-refractivity contribution in [3.05, 3.63) is 47.7 Å². The predicted molar refractivity (Wildman–Crippen MR) is 115 cm³/mol. The number of nitrogens with zero attached hydrogens (tertiary/aromatic N) is 3. The Bertz CT molecular complexity index is 952. The Morgan fingerprint density at radius 3 is 2.36 bits per heavy atom. The molecule has 0 atom stereocenters. The molecular weight excluding hydrogens is 350 g/mol. The van der Waals surface area contributed by atoms with E-state index in [0.29, 0.717) is 23.4 Å². The number of ether oxygens (including phenoxy) is 1. The summed E-state index contributed by atoms with van der Waals surface area (Å²) < 4.78 is 7.22. The maximum absolute atomic E-state index is 9.50. The van der Waals surface area contributed by atoms with Crippen molar-refractivity contribution in [1.82, 2.24) is 9.61 Å². The number of anilines is 3. The number of nitriles is 1. The minimum absolute atomic E-state index is 0.130. The number of aromatic nitrogens is 2. The van der Waals surface area contributed by atoms with Gasteiger partial charge in [0.1, 0.15) is 23.2 Å². The second-order valence-corrected chi connectivity index (χ2v) is 6.74. The standard InChI is InChI=1S/C19H21N5O.C3H8/c1-4-25-14-7-5-13(6-8-14)23-19-17(12(2)3)18(21)15(11-20)16-9-10-22-24(16)19;1-3-2/h5-10,12,23H,4,21H2,1-3H3;3H2,1-2H3. The molecule has 1 aromatic carbocycles. The van der Waals surface area contributed by atoms with Gasteiger partial charge in [0.05, 0.1) is 24.0 Å². The van der Waals surface area contributed by atoms with Crippen molar-refractivity contribution in [2.45, 2.75) is 47.0 Å². The highest BCUT2D eigenvalue weighted by Gasteiger charge is 2.20. The van der Waals surface area contributed by atoms with Crippen molar-refractivity contribution in [2.24, 2.45) is 0 Å². The fourth-order valence-electron chi connectivity index (χ4n) is 2.95. The summed E-state index contributed by atoms with van der Waals surface area (Å²) in [4.78, 5) is 0. The largest absolute Gasteiger partial charge is 0.494 e. The van der Waals surface area contributed by atoms with E-state index < -0.39 is 0 Å². The zero-order chi connectivity index (χ0) is 20.7. The molecule has 3 rings (SSSR count). The van der Waals surface area contributed by atoms with Crippen LogP contribution in [-0.4, -0.2) is 16.2 Å². The quantitative estimate of drug-likeness (QED) is 0.613. The van der Waals surface area contributed by atoms with Crippen LogP contribution in [0.15, 0.2) is 36.5 Å². The molecule has 3 N–H and O–H groups in total. The zero-order valence-electron chi connectivity index (χ0n) is 17.3. The number of nitrogen functional groups attached to an aromatic ring is 1. The van der Waals surface area contributed by atoms with Crippen LogP contribution in [0.5, 0.6) is 5.75 Å². The Morgan fingerprint density at radius 2 is 1.82 bits per heavy atom. The van der Waals surface area contributed by atoms with Gasteiger partial charge in [0.25, 0.3) is 0 Å². The summed E-state index contributed by atoms with van der Waals surface area (Å²) in [6, 6.07) is 11.7. The summed E-state index contributed by atoms with van der Waals surface area (Å²) in [6.07, 6.45) is 2.92. The third-order valence-corrected chi connectivity index (χ3v) is 4.04. The van der Waals surface area contributed by atoms with Crippen LogP contribution in [-0.2, 0) is 0 Å². The molecule has 6 nitrogen and oxygen atoms in total. The average molecular weight is 380 g/mol. The molecule has 0 bridgehead atoms. The van der Waals surface area contributed by atoms with E-state index in [9.17, 15) is 5.26 Å². The summed E-state index contributed by atoms with van der Waals surface area (Å²) in [7, 11) is 0. The Hall–Kier alpha value is -3.20. The van der Waals surface area contributed by atoms with Crippen molar-refractivity contribution in [3.63, 3.8) is 0 Å². The van der Waals surface area contributed by atoms with Crippen LogP contribution < -0.4 is 15.8 Å². The van der Waals surface area contributed by atoms with Gasteiger partial charge in [0, 0.05) is 11.3 Å². The van der Waals surface area contributed by atoms with Crippen molar-refractivity contribution in [2.75, 3.05) is 17.7 Å². The number of hydrogen-bond acceptors (Lipinski definition) is 5. The minimum atomic E-state index is 0.130. The molecule has 0 aliphatic rings. The number of fused-ring (bicyclic) bond motifs is 1. The molecule has 0 saturated heterocycles. The Morgan fingerprint density at radius 1 is 1.18 bits per heavy atom.